The van der Waals surface area contributed by atoms with Crippen molar-refractivity contribution in [1.29, 1.82) is 0 Å². The predicted octanol–water partition coefficient (Wildman–Crippen LogP) is 4.13. The van der Waals surface area contributed by atoms with Crippen LogP contribution in [-0.2, 0) is 24.4 Å². The van der Waals surface area contributed by atoms with E-state index < -0.39 is 0 Å². The zero-order chi connectivity index (χ0) is 22.8. The van der Waals surface area contributed by atoms with Crippen molar-refractivity contribution in [2.75, 3.05) is 12.4 Å². The minimum Gasteiger partial charge on any atom is -0.485 e. The van der Waals surface area contributed by atoms with E-state index in [1.807, 2.05) is 24.8 Å². The fourth-order valence-corrected chi connectivity index (χ4v) is 5.54. The fraction of sp³-hybridized carbons (Fsp3) is 0.435. The molecule has 170 valence electrons. The quantitative estimate of drug-likeness (QED) is 0.412. The van der Waals surface area contributed by atoms with Crippen molar-refractivity contribution in [1.82, 2.24) is 19.8 Å². The lowest BCUT2D eigenvalue weighted by Gasteiger charge is -2.29. The van der Waals surface area contributed by atoms with Crippen molar-refractivity contribution in [2.24, 2.45) is 0 Å². The smallest absolute Gasteiger partial charge is 0.236 e. The first-order chi connectivity index (χ1) is 15.3. The average Bonchev–Trinajstić information content (AvgIpc) is 3.37. The molecule has 0 aliphatic carbocycles. The Kier molecular flexibility index (Phi) is 6.76. The summed E-state index contributed by atoms with van der Waals surface area (Å²) in [6.07, 6.45) is 0.919. The summed E-state index contributed by atoms with van der Waals surface area (Å²) in [5.74, 6) is 8.03. The number of carbonyl (C=O) groups is 1. The van der Waals surface area contributed by atoms with Gasteiger partial charge >= 0.3 is 0 Å². The summed E-state index contributed by atoms with van der Waals surface area (Å²) >= 11 is 3.10. The molecule has 3 aromatic rings. The maximum absolute atomic E-state index is 13.0. The summed E-state index contributed by atoms with van der Waals surface area (Å²) in [4.78, 5) is 16.3. The molecule has 0 spiro atoms. The number of carbonyl (C=O) groups excluding carboxylic acids is 1. The minimum atomic E-state index is -0.306. The Labute approximate surface area is 196 Å². The van der Waals surface area contributed by atoms with Crippen molar-refractivity contribution in [3.63, 3.8) is 0 Å². The summed E-state index contributed by atoms with van der Waals surface area (Å²) in [7, 11) is 0. The first-order valence-electron chi connectivity index (χ1n) is 10.8. The van der Waals surface area contributed by atoms with Crippen LogP contribution in [0.15, 0.2) is 34.8 Å². The number of aromatic nitrogens is 3. The fourth-order valence-electron chi connectivity index (χ4n) is 3.77. The number of nitrogens with zero attached hydrogens (tertiary/aromatic N) is 4. The summed E-state index contributed by atoms with van der Waals surface area (Å²) in [5, 5.41) is 10.7. The van der Waals surface area contributed by atoms with Crippen LogP contribution in [0.2, 0.25) is 0 Å². The molecule has 1 atom stereocenters. The predicted molar refractivity (Wildman–Crippen MR) is 129 cm³/mol. The number of nitrogens with two attached hydrogens (primary N) is 1. The van der Waals surface area contributed by atoms with Gasteiger partial charge in [-0.1, -0.05) is 37.7 Å². The normalized spacial score (nSPS) is 14.5. The van der Waals surface area contributed by atoms with Gasteiger partial charge in [-0.25, -0.2) is 4.68 Å². The molecule has 1 amide bonds. The molecule has 32 heavy (non-hydrogen) atoms. The molecular formula is C23H29N5O2S2. The van der Waals surface area contributed by atoms with E-state index in [0.717, 1.165) is 29.8 Å². The summed E-state index contributed by atoms with van der Waals surface area (Å²) in [6.45, 7) is 9.84. The van der Waals surface area contributed by atoms with E-state index in [4.69, 9.17) is 10.6 Å². The van der Waals surface area contributed by atoms with E-state index in [1.165, 1.54) is 26.9 Å². The molecule has 0 bridgehead atoms. The van der Waals surface area contributed by atoms with Crippen molar-refractivity contribution in [2.45, 2.75) is 63.6 Å². The Balaban J connectivity index is 1.39. The number of aryl methyl sites for hydroxylation is 1. The Morgan fingerprint density at radius 2 is 2.09 bits per heavy atom. The third-order valence-corrected chi connectivity index (χ3v) is 7.70. The minimum absolute atomic E-state index is 0.0917. The average molecular weight is 472 g/mol. The van der Waals surface area contributed by atoms with Crippen LogP contribution in [-0.4, -0.2) is 37.5 Å². The highest BCUT2D eigenvalue weighted by Gasteiger charge is 2.27. The summed E-state index contributed by atoms with van der Waals surface area (Å²) in [5.41, 5.74) is 3.53. The zero-order valence-electron chi connectivity index (χ0n) is 18.9. The van der Waals surface area contributed by atoms with Gasteiger partial charge in [0.15, 0.2) is 5.82 Å². The largest absolute Gasteiger partial charge is 0.485 e. The Morgan fingerprint density at radius 1 is 1.28 bits per heavy atom. The molecule has 0 radical (unpaired) electrons. The van der Waals surface area contributed by atoms with Gasteiger partial charge < -0.3 is 15.5 Å². The third-order valence-electron chi connectivity index (χ3n) is 5.63. The highest BCUT2D eigenvalue weighted by atomic mass is 32.2. The summed E-state index contributed by atoms with van der Waals surface area (Å²) < 4.78 is 7.47. The molecule has 1 unspecified atom stereocenters. The van der Waals surface area contributed by atoms with Crippen molar-refractivity contribution >= 4 is 29.0 Å². The molecule has 1 aliphatic rings. The van der Waals surface area contributed by atoms with Crippen molar-refractivity contribution in [3.05, 3.63) is 57.0 Å². The number of amides is 1. The van der Waals surface area contributed by atoms with E-state index >= 15 is 0 Å². The van der Waals surface area contributed by atoms with Crippen LogP contribution in [0.3, 0.4) is 0 Å². The number of benzene rings is 1. The Hall–Kier alpha value is -2.52. The number of fused-ring (bicyclic) bond motifs is 1. The van der Waals surface area contributed by atoms with Gasteiger partial charge in [0.1, 0.15) is 12.4 Å². The van der Waals surface area contributed by atoms with Crippen LogP contribution in [0.1, 0.15) is 54.1 Å². The highest BCUT2D eigenvalue weighted by molar-refractivity contribution is 8.00. The maximum Gasteiger partial charge on any atom is 0.236 e. The van der Waals surface area contributed by atoms with Gasteiger partial charge in [0.25, 0.3) is 0 Å². The van der Waals surface area contributed by atoms with Crippen LogP contribution in [0.25, 0.3) is 0 Å². The summed E-state index contributed by atoms with van der Waals surface area (Å²) in [6, 6.07) is 8.32. The number of nitrogen functional groups attached to an aromatic ring is 1. The molecule has 3 heterocycles. The number of hydrogen-bond acceptors (Lipinski definition) is 7. The van der Waals surface area contributed by atoms with Gasteiger partial charge in [0.2, 0.25) is 11.1 Å². The van der Waals surface area contributed by atoms with Gasteiger partial charge in [-0.15, -0.1) is 21.5 Å². The van der Waals surface area contributed by atoms with Crippen LogP contribution < -0.4 is 10.6 Å². The van der Waals surface area contributed by atoms with E-state index in [1.54, 1.807) is 11.3 Å². The Bertz CT molecular complexity index is 1110. The standard InChI is InChI=1S/C23H29N5O2S2/c1-14(2)18-6-5-15(3)11-19(18)30-13-21-25-26-23(28(21)24)32-16(4)22(29)27-9-7-20-17(12-27)8-10-31-20/h5-6,8,10-11,14,16H,7,9,12-13,24H2,1-4H3. The number of ether oxygens (including phenoxy) is 1. The van der Waals surface area contributed by atoms with Gasteiger partial charge in [-0.3, -0.25) is 4.79 Å². The molecule has 7 nitrogen and oxygen atoms in total. The zero-order valence-corrected chi connectivity index (χ0v) is 20.5. The second kappa shape index (κ2) is 9.54. The molecule has 0 fully saturated rings. The van der Waals surface area contributed by atoms with Crippen molar-refractivity contribution < 1.29 is 9.53 Å². The first-order valence-corrected chi connectivity index (χ1v) is 12.5. The molecule has 0 saturated carbocycles. The number of thiophene rings is 1. The maximum atomic E-state index is 13.0. The molecule has 0 saturated heterocycles. The van der Waals surface area contributed by atoms with Crippen LogP contribution in [0.5, 0.6) is 5.75 Å². The van der Waals surface area contributed by atoms with Gasteiger partial charge in [-0.05, 0) is 60.4 Å². The Morgan fingerprint density at radius 3 is 2.88 bits per heavy atom. The van der Waals surface area contributed by atoms with E-state index in [0.29, 0.717) is 23.4 Å². The lowest BCUT2D eigenvalue weighted by atomic mass is 10.0. The first kappa shape index (κ1) is 22.7. The molecule has 1 aliphatic heterocycles. The van der Waals surface area contributed by atoms with E-state index in [-0.39, 0.29) is 17.8 Å². The van der Waals surface area contributed by atoms with E-state index in [2.05, 4.69) is 47.6 Å². The second-order valence-corrected chi connectivity index (χ2v) is 10.7. The number of hydrogen-bond donors (Lipinski definition) is 1. The third kappa shape index (κ3) is 4.78. The lowest BCUT2D eigenvalue weighted by Crippen LogP contribution is -2.39. The van der Waals surface area contributed by atoms with Gasteiger partial charge in [0.05, 0.1) is 5.25 Å². The van der Waals surface area contributed by atoms with Crippen molar-refractivity contribution in [3.8, 4) is 5.75 Å². The molecule has 9 heteroatoms. The highest BCUT2D eigenvalue weighted by Crippen LogP contribution is 2.29. The molecular weight excluding hydrogens is 442 g/mol. The van der Waals surface area contributed by atoms with Crippen LogP contribution in [0, 0.1) is 6.92 Å². The molecule has 2 N–H and O–H groups in total. The van der Waals surface area contributed by atoms with Crippen LogP contribution in [0.4, 0.5) is 0 Å². The number of thioether (sulfide) groups is 1. The second-order valence-electron chi connectivity index (χ2n) is 8.39. The van der Waals surface area contributed by atoms with E-state index in [9.17, 15) is 4.79 Å². The topological polar surface area (TPSA) is 86.3 Å². The molecule has 4 rings (SSSR count). The number of rotatable bonds is 7. The van der Waals surface area contributed by atoms with Gasteiger partial charge in [0, 0.05) is 18.0 Å². The lowest BCUT2D eigenvalue weighted by molar-refractivity contribution is -0.131. The van der Waals surface area contributed by atoms with Gasteiger partial charge in [-0.2, -0.15) is 0 Å². The molecule has 1 aromatic carbocycles. The molecule has 2 aromatic heterocycles. The van der Waals surface area contributed by atoms with Crippen LogP contribution >= 0.6 is 23.1 Å². The monoisotopic (exact) mass is 471 g/mol. The SMILES string of the molecule is Cc1ccc(C(C)C)c(OCc2nnc(SC(C)C(=O)N3CCc4sccc4C3)n2N)c1.